The van der Waals surface area contributed by atoms with Crippen LogP contribution in [0.3, 0.4) is 0 Å². The van der Waals surface area contributed by atoms with Crippen LogP contribution in [0.25, 0.3) is 0 Å². The lowest BCUT2D eigenvalue weighted by Crippen LogP contribution is -2.47. The molecule has 4 nitrogen and oxygen atoms in total. The molecule has 9 atom stereocenters. The van der Waals surface area contributed by atoms with Gasteiger partial charge in [0.15, 0.2) is 0 Å². The normalized spacial score (nSPS) is 38.5. The topological polar surface area (TPSA) is 44.5 Å². The van der Waals surface area contributed by atoms with Crippen LogP contribution in [0.15, 0.2) is 0 Å². The number of nitrogens with one attached hydrogen (secondary N) is 1. The summed E-state index contributed by atoms with van der Waals surface area (Å²) >= 11 is 15.7. The van der Waals surface area contributed by atoms with Crippen LogP contribution < -0.4 is 11.1 Å². The van der Waals surface area contributed by atoms with Crippen LogP contribution in [-0.4, -0.2) is 71.6 Å². The molecule has 0 amide bonds. The van der Waals surface area contributed by atoms with Crippen LogP contribution >= 0.6 is 150 Å². The number of rotatable bonds is 2. The van der Waals surface area contributed by atoms with Crippen molar-refractivity contribution in [1.29, 1.82) is 0 Å². The molecule has 6 fully saturated rings. The average Bonchev–Trinajstić information content (AvgIpc) is 3.37. The third-order valence-electron chi connectivity index (χ3n) is 10.7. The Bertz CT molecular complexity index is 644. The average molecular weight is 1360 g/mol. The van der Waals surface area contributed by atoms with Crippen molar-refractivity contribution in [2.45, 2.75) is 78.1 Å². The molecule has 3 saturated carbocycles. The molecule has 41 heavy (non-hydrogen) atoms. The van der Waals surface area contributed by atoms with E-state index in [9.17, 15) is 0 Å². The first-order chi connectivity index (χ1) is 19.5. The molecule has 0 aromatic carbocycles. The number of hydrogen-bond donors (Lipinski definition) is 2. The highest BCUT2D eigenvalue weighted by Gasteiger charge is 2.46. The minimum absolute atomic E-state index is 0.524. The van der Waals surface area contributed by atoms with Crippen LogP contribution in [0.1, 0.15) is 72.1 Å². The van der Waals surface area contributed by atoms with Gasteiger partial charge in [-0.2, -0.15) is 0 Å². The lowest BCUT2D eigenvalue weighted by atomic mass is 9.73. The van der Waals surface area contributed by atoms with Crippen molar-refractivity contribution in [2.75, 3.05) is 55.8 Å². The molecule has 11 heteroatoms. The lowest BCUT2D eigenvalue weighted by molar-refractivity contribution is 0.130. The van der Waals surface area contributed by atoms with E-state index in [0.29, 0.717) is 11.5 Å². The van der Waals surface area contributed by atoms with Crippen LogP contribution in [0.4, 0.5) is 0 Å². The van der Waals surface area contributed by atoms with E-state index in [2.05, 4.69) is 200 Å². The third-order valence-corrected chi connectivity index (χ3v) is 10.7. The van der Waals surface area contributed by atoms with Gasteiger partial charge in [0.2, 0.25) is 0 Å². The number of hydrogen-bond acceptors (Lipinski definition) is 4. The van der Waals surface area contributed by atoms with Gasteiger partial charge in [-0.15, -0.1) is 0 Å². The van der Waals surface area contributed by atoms with E-state index < -0.39 is 0 Å². The largest absolute Gasteiger partial charge is 0.327 e. The molecule has 0 aromatic rings. The lowest BCUT2D eigenvalue weighted by Gasteiger charge is -2.38. The molecule has 3 aliphatic carbocycles. The SMILES string of the molecule is CCC1[C@@H]2CC[C@H]1CN(C)C2.CC[C@H]1[C@H]2CC[C@]1(C)CNC2.CN1C[C@H]2CC[C@@H](C1)C2N.IC(I)I.ICI.II. The molecule has 2 unspecified atom stereocenters. The molecule has 0 aromatic heterocycles. The van der Waals surface area contributed by atoms with Crippen LogP contribution in [-0.2, 0) is 0 Å². The number of piperidine rings is 3. The van der Waals surface area contributed by atoms with E-state index in [0.717, 1.165) is 41.4 Å². The molecule has 3 aliphatic heterocycles. The molecule has 0 radical (unpaired) electrons. The molecule has 3 N–H and O–H groups in total. The van der Waals surface area contributed by atoms with Crippen molar-refractivity contribution in [3.8, 4) is 0 Å². The summed E-state index contributed by atoms with van der Waals surface area (Å²) in [5.41, 5.74) is 6.67. The second kappa shape index (κ2) is 24.2. The maximum atomic E-state index is 6.02. The Morgan fingerprint density at radius 3 is 1.56 bits per heavy atom. The maximum Gasteiger partial charge on any atom is 0.114 e. The zero-order chi connectivity index (χ0) is 31.2. The Morgan fingerprint density at radius 1 is 0.780 bits per heavy atom. The van der Waals surface area contributed by atoms with Gasteiger partial charge in [-0.1, -0.05) is 147 Å². The number of nitrogens with two attached hydrogens (primary N) is 1. The smallest absolute Gasteiger partial charge is 0.114 e. The van der Waals surface area contributed by atoms with Crippen LogP contribution in [0.2, 0.25) is 0 Å². The Hall–Kier alpha value is 4.95. The quantitative estimate of drug-likeness (QED) is 0.214. The minimum atomic E-state index is 0.524. The fraction of sp³-hybridized carbons (Fsp3) is 1.00. The number of fused-ring (bicyclic) bond motifs is 6. The Morgan fingerprint density at radius 2 is 1.20 bits per heavy atom. The minimum Gasteiger partial charge on any atom is -0.327 e. The van der Waals surface area contributed by atoms with E-state index in [1.54, 1.807) is 0 Å². The number of halogens is 7. The fourth-order valence-corrected chi connectivity index (χ4v) is 9.04. The van der Waals surface area contributed by atoms with Gasteiger partial charge in [-0.25, -0.2) is 0 Å². The van der Waals surface area contributed by atoms with Gasteiger partial charge < -0.3 is 20.9 Å². The molecule has 6 bridgehead atoms. The van der Waals surface area contributed by atoms with E-state index in [4.69, 9.17) is 5.73 Å². The van der Waals surface area contributed by atoms with Crippen molar-refractivity contribution < 1.29 is 0 Å². The van der Waals surface area contributed by atoms with Gasteiger partial charge in [-0.05, 0) is 106 Å². The van der Waals surface area contributed by atoms with Gasteiger partial charge >= 0.3 is 0 Å². The van der Waals surface area contributed by atoms with E-state index in [1.165, 1.54) is 93.1 Å². The van der Waals surface area contributed by atoms with Crippen molar-refractivity contribution in [1.82, 2.24) is 15.1 Å². The molecule has 3 saturated heterocycles. The van der Waals surface area contributed by atoms with Crippen LogP contribution in [0, 0.1) is 46.8 Å². The predicted octanol–water partition coefficient (Wildman–Crippen LogP) is 10.5. The second-order valence-electron chi connectivity index (χ2n) is 13.2. The standard InChI is InChI=1S/2C10H19N.C8H16N2.CHI3.CH2I2.I2/c1-3-10-8-4-5-9(10)7-11(2)6-8;1-3-9-8-4-5-10(9,2)7-11-6-8;1-10-4-6-2-3-7(5-10)8(6)9;2-1(3)4;2-1-3;1-2/h8-10H,3-7H2,1-2H3;8-9,11H,3-7H2,1-2H3;6-8H,2-5,9H2,1H3;1H;1H2;/t8-,9+,10?;8-,9-,10+;6-,7+,8?;;;/m.0..../s1. The first kappa shape index (κ1) is 44.0. The Kier molecular flexibility index (Phi) is 25.9. The summed E-state index contributed by atoms with van der Waals surface area (Å²) in [6.07, 6.45) is 11.5. The molecular formula is C30H57I7N4. The molecule has 3 heterocycles. The highest BCUT2D eigenvalue weighted by Crippen LogP contribution is 2.50. The third kappa shape index (κ3) is 15.2. The van der Waals surface area contributed by atoms with Crippen molar-refractivity contribution in [2.24, 2.45) is 52.6 Å². The zero-order valence-corrected chi connectivity index (χ0v) is 41.0. The number of nitrogens with zero attached hydrogens (tertiary/aromatic N) is 2. The summed E-state index contributed by atoms with van der Waals surface area (Å²) in [5.74, 6) is 6.80. The van der Waals surface area contributed by atoms with E-state index >= 15 is 0 Å². The molecule has 6 rings (SSSR count). The fourth-order valence-electron chi connectivity index (χ4n) is 9.04. The second-order valence-corrected chi connectivity index (χ2v) is 28.6. The van der Waals surface area contributed by atoms with E-state index in [-0.39, 0.29) is 0 Å². The van der Waals surface area contributed by atoms with Crippen LogP contribution in [0.5, 0.6) is 0 Å². The molecule has 6 aliphatic rings. The number of likely N-dealkylation sites (tertiary alicyclic amines) is 2. The Labute approximate surface area is 346 Å². The number of alkyl halides is 5. The summed E-state index contributed by atoms with van der Waals surface area (Å²) in [6.45, 7) is 14.9. The maximum absolute atomic E-state index is 6.02. The summed E-state index contributed by atoms with van der Waals surface area (Å²) < 4.78 is 1.93. The van der Waals surface area contributed by atoms with Gasteiger partial charge in [0.05, 0.1) is 2.43 Å². The molecule has 246 valence electrons. The Balaban J connectivity index is 0.000000269. The predicted molar refractivity (Wildman–Crippen MR) is 243 cm³/mol. The van der Waals surface area contributed by atoms with Crippen molar-refractivity contribution in [3.05, 3.63) is 0 Å². The van der Waals surface area contributed by atoms with Gasteiger partial charge in [0, 0.05) is 76.0 Å². The summed E-state index contributed by atoms with van der Waals surface area (Å²) in [5, 5.41) is 3.55. The monoisotopic (exact) mass is 1360 g/mol. The molecular weight excluding hydrogens is 1300 g/mol. The summed E-state index contributed by atoms with van der Waals surface area (Å²) in [4.78, 5) is 4.94. The highest BCUT2D eigenvalue weighted by atomic mass is 128. The highest BCUT2D eigenvalue weighted by molar-refractivity contribution is 15.0. The zero-order valence-electron chi connectivity index (χ0n) is 25.9. The first-order valence-corrected chi connectivity index (χ1v) is 28.6. The van der Waals surface area contributed by atoms with Crippen molar-refractivity contribution in [3.63, 3.8) is 0 Å². The first-order valence-electron chi connectivity index (χ1n) is 15.5. The van der Waals surface area contributed by atoms with Crippen molar-refractivity contribution >= 4 is 150 Å². The summed E-state index contributed by atoms with van der Waals surface area (Å²) in [7, 11) is 4.48. The van der Waals surface area contributed by atoms with Gasteiger partial charge in [-0.3, -0.25) is 0 Å². The summed E-state index contributed by atoms with van der Waals surface area (Å²) in [6, 6.07) is 0.524. The van der Waals surface area contributed by atoms with Gasteiger partial charge in [0.25, 0.3) is 0 Å². The molecule has 0 spiro atoms. The van der Waals surface area contributed by atoms with E-state index in [1.807, 2.05) is 0 Å². The van der Waals surface area contributed by atoms with Gasteiger partial charge in [0.1, 0.15) is -0.0619 Å².